The Morgan fingerprint density at radius 2 is 1.62 bits per heavy atom. The smallest absolute Gasteiger partial charge is 0.118 e. The predicted octanol–water partition coefficient (Wildman–Crippen LogP) is 5.30. The molecule has 0 spiro atoms. The Bertz CT molecular complexity index is 525. The van der Waals surface area contributed by atoms with Crippen LogP contribution in [-0.2, 0) is 4.74 Å². The van der Waals surface area contributed by atoms with E-state index in [2.05, 4.69) is 52.3 Å². The lowest BCUT2D eigenvalue weighted by molar-refractivity contribution is 0.0562. The second-order valence-corrected chi connectivity index (χ2v) is 5.94. The summed E-state index contributed by atoms with van der Waals surface area (Å²) in [6, 6.07) is 18.5. The highest BCUT2D eigenvalue weighted by Crippen LogP contribution is 2.35. The van der Waals surface area contributed by atoms with Gasteiger partial charge in [-0.25, -0.2) is 0 Å². The number of benzene rings is 2. The molecular formula is C18H21BrO2. The number of ether oxygens (including phenoxy) is 2. The average molecular weight is 349 g/mol. The third kappa shape index (κ3) is 4.58. The molecule has 2 aromatic carbocycles. The van der Waals surface area contributed by atoms with Crippen LogP contribution in [0.2, 0.25) is 0 Å². The quantitative estimate of drug-likeness (QED) is 0.632. The zero-order chi connectivity index (χ0) is 15.1. The summed E-state index contributed by atoms with van der Waals surface area (Å²) in [4.78, 5) is 0.275. The van der Waals surface area contributed by atoms with Crippen LogP contribution >= 0.6 is 15.9 Å². The third-order valence-corrected chi connectivity index (χ3v) is 4.34. The van der Waals surface area contributed by atoms with Gasteiger partial charge in [0.2, 0.25) is 0 Å². The summed E-state index contributed by atoms with van der Waals surface area (Å²) in [5, 5.41) is 0. The van der Waals surface area contributed by atoms with Crippen molar-refractivity contribution in [2.24, 2.45) is 0 Å². The summed E-state index contributed by atoms with van der Waals surface area (Å²) in [7, 11) is 1.68. The van der Waals surface area contributed by atoms with Crippen LogP contribution in [0, 0.1) is 0 Å². The van der Waals surface area contributed by atoms with Gasteiger partial charge in [-0.05, 0) is 36.6 Å². The molecule has 0 amide bonds. The maximum Gasteiger partial charge on any atom is 0.118 e. The fourth-order valence-corrected chi connectivity index (χ4v) is 2.95. The van der Waals surface area contributed by atoms with E-state index < -0.39 is 0 Å². The second-order valence-electron chi connectivity index (χ2n) is 4.83. The van der Waals surface area contributed by atoms with Crippen molar-refractivity contribution in [3.05, 3.63) is 65.7 Å². The molecule has 21 heavy (non-hydrogen) atoms. The molecule has 0 heterocycles. The zero-order valence-corrected chi connectivity index (χ0v) is 14.0. The fraction of sp³-hybridized carbons (Fsp3) is 0.333. The van der Waals surface area contributed by atoms with Crippen LogP contribution < -0.4 is 4.74 Å². The molecule has 0 radical (unpaired) electrons. The number of rotatable bonds is 7. The summed E-state index contributed by atoms with van der Waals surface area (Å²) < 4.78 is 11.1. The van der Waals surface area contributed by atoms with Crippen LogP contribution in [0.5, 0.6) is 5.75 Å². The topological polar surface area (TPSA) is 18.5 Å². The van der Waals surface area contributed by atoms with E-state index in [4.69, 9.17) is 9.47 Å². The normalized spacial score (nSPS) is 13.7. The van der Waals surface area contributed by atoms with Gasteiger partial charge in [0.1, 0.15) is 5.75 Å². The van der Waals surface area contributed by atoms with Gasteiger partial charge in [0.15, 0.2) is 0 Å². The van der Waals surface area contributed by atoms with Gasteiger partial charge in [0.25, 0.3) is 0 Å². The predicted molar refractivity (Wildman–Crippen MR) is 90.1 cm³/mol. The number of halogens is 1. The van der Waals surface area contributed by atoms with Gasteiger partial charge in [-0.3, -0.25) is 0 Å². The van der Waals surface area contributed by atoms with Crippen LogP contribution in [0.1, 0.15) is 35.4 Å². The molecule has 2 rings (SSSR count). The molecule has 3 heteroatoms. The summed E-state index contributed by atoms with van der Waals surface area (Å²) in [6.07, 6.45) is 0.968. The molecule has 0 saturated heterocycles. The fourth-order valence-electron chi connectivity index (χ4n) is 2.31. The van der Waals surface area contributed by atoms with Gasteiger partial charge < -0.3 is 9.47 Å². The molecule has 2 aromatic rings. The standard InChI is InChI=1S/C18H21BrO2/c1-3-21-18(15-9-11-16(20-2)12-10-15)13-17(19)14-7-5-4-6-8-14/h4-12,17-18H,3,13H2,1-2H3. The molecule has 0 saturated carbocycles. The van der Waals surface area contributed by atoms with Crippen LogP contribution in [0.15, 0.2) is 54.6 Å². The molecule has 0 aliphatic carbocycles. The van der Waals surface area contributed by atoms with Crippen LogP contribution in [0.3, 0.4) is 0 Å². The molecule has 0 bridgehead atoms. The monoisotopic (exact) mass is 348 g/mol. The van der Waals surface area contributed by atoms with E-state index in [1.54, 1.807) is 7.11 Å². The van der Waals surface area contributed by atoms with Crippen molar-refractivity contribution in [3.63, 3.8) is 0 Å². The molecular weight excluding hydrogens is 328 g/mol. The van der Waals surface area contributed by atoms with Crippen molar-refractivity contribution in [2.75, 3.05) is 13.7 Å². The molecule has 2 atom stereocenters. The van der Waals surface area contributed by atoms with Gasteiger partial charge in [-0.15, -0.1) is 0 Å². The molecule has 112 valence electrons. The highest BCUT2D eigenvalue weighted by molar-refractivity contribution is 9.09. The van der Waals surface area contributed by atoms with Crippen molar-refractivity contribution in [2.45, 2.75) is 24.3 Å². The van der Waals surface area contributed by atoms with E-state index >= 15 is 0 Å². The van der Waals surface area contributed by atoms with E-state index in [1.165, 1.54) is 11.1 Å². The molecule has 2 unspecified atom stereocenters. The molecule has 0 fully saturated rings. The highest BCUT2D eigenvalue weighted by Gasteiger charge is 2.18. The highest BCUT2D eigenvalue weighted by atomic mass is 79.9. The summed E-state index contributed by atoms with van der Waals surface area (Å²) in [5.41, 5.74) is 2.45. The molecule has 2 nitrogen and oxygen atoms in total. The first-order chi connectivity index (χ1) is 10.2. The Balaban J connectivity index is 2.11. The van der Waals surface area contributed by atoms with Crippen molar-refractivity contribution in [1.82, 2.24) is 0 Å². The Labute approximate surface area is 135 Å². The number of alkyl halides is 1. The minimum absolute atomic E-state index is 0.0745. The lowest BCUT2D eigenvalue weighted by Crippen LogP contribution is -2.07. The third-order valence-electron chi connectivity index (χ3n) is 3.44. The molecule has 0 N–H and O–H groups in total. The van der Waals surface area contributed by atoms with Crippen molar-refractivity contribution in [1.29, 1.82) is 0 Å². The lowest BCUT2D eigenvalue weighted by atomic mass is 10.0. The number of hydrogen-bond acceptors (Lipinski definition) is 2. The Morgan fingerprint density at radius 3 is 2.19 bits per heavy atom. The van der Waals surface area contributed by atoms with Crippen molar-refractivity contribution < 1.29 is 9.47 Å². The second kappa shape index (κ2) is 8.20. The van der Waals surface area contributed by atoms with Gasteiger partial charge in [0.05, 0.1) is 13.2 Å². The maximum atomic E-state index is 5.92. The lowest BCUT2D eigenvalue weighted by Gasteiger charge is -2.21. The van der Waals surface area contributed by atoms with Crippen LogP contribution in [0.4, 0.5) is 0 Å². The van der Waals surface area contributed by atoms with Crippen LogP contribution in [-0.4, -0.2) is 13.7 Å². The molecule has 0 aromatic heterocycles. The zero-order valence-electron chi connectivity index (χ0n) is 12.5. The van der Waals surface area contributed by atoms with Gasteiger partial charge >= 0.3 is 0 Å². The Morgan fingerprint density at radius 1 is 0.952 bits per heavy atom. The van der Waals surface area contributed by atoms with E-state index in [-0.39, 0.29) is 10.9 Å². The van der Waals surface area contributed by atoms with E-state index in [1.807, 2.05) is 25.1 Å². The summed E-state index contributed by atoms with van der Waals surface area (Å²) in [5.74, 6) is 0.868. The summed E-state index contributed by atoms with van der Waals surface area (Å²) >= 11 is 3.78. The first-order valence-electron chi connectivity index (χ1n) is 7.19. The van der Waals surface area contributed by atoms with Gasteiger partial charge in [0, 0.05) is 11.4 Å². The van der Waals surface area contributed by atoms with E-state index in [0.717, 1.165) is 12.2 Å². The molecule has 0 aliphatic heterocycles. The number of methoxy groups -OCH3 is 1. The average Bonchev–Trinajstić information content (AvgIpc) is 2.55. The first-order valence-corrected chi connectivity index (χ1v) is 8.10. The minimum atomic E-state index is 0.0745. The van der Waals surface area contributed by atoms with Crippen molar-refractivity contribution >= 4 is 15.9 Å². The first kappa shape index (κ1) is 16.1. The van der Waals surface area contributed by atoms with Crippen molar-refractivity contribution in [3.8, 4) is 5.75 Å². The maximum absolute atomic E-state index is 5.92. The largest absolute Gasteiger partial charge is 0.497 e. The van der Waals surface area contributed by atoms with Crippen LogP contribution in [0.25, 0.3) is 0 Å². The van der Waals surface area contributed by atoms with Gasteiger partial charge in [-0.2, -0.15) is 0 Å². The Hall–Kier alpha value is -1.32. The molecule has 0 aliphatic rings. The Kier molecular flexibility index (Phi) is 6.27. The minimum Gasteiger partial charge on any atom is -0.497 e. The summed E-state index contributed by atoms with van der Waals surface area (Å²) in [6.45, 7) is 2.73. The number of hydrogen-bond donors (Lipinski definition) is 0. The van der Waals surface area contributed by atoms with Gasteiger partial charge in [-0.1, -0.05) is 58.4 Å². The van der Waals surface area contributed by atoms with E-state index in [0.29, 0.717) is 6.61 Å². The SMILES string of the molecule is CCOC(CC(Br)c1ccccc1)c1ccc(OC)cc1. The van der Waals surface area contributed by atoms with E-state index in [9.17, 15) is 0 Å².